The van der Waals surface area contributed by atoms with Gasteiger partial charge in [0.05, 0.1) is 11.1 Å². The van der Waals surface area contributed by atoms with Gasteiger partial charge >= 0.3 is 6.43 Å². The highest BCUT2D eigenvalue weighted by atomic mass is 19.3. The van der Waals surface area contributed by atoms with Crippen molar-refractivity contribution in [2.45, 2.75) is 12.0 Å². The van der Waals surface area contributed by atoms with Crippen LogP contribution in [0.25, 0.3) is 11.1 Å². The summed E-state index contributed by atoms with van der Waals surface area (Å²) in [5.74, 6) is -0.713. The Morgan fingerprint density at radius 1 is 0.971 bits per heavy atom. The van der Waals surface area contributed by atoms with Crippen LogP contribution in [0.5, 0.6) is 0 Å². The summed E-state index contributed by atoms with van der Waals surface area (Å²) in [6.07, 6.45) is 1.85. The molecule has 3 heterocycles. The van der Waals surface area contributed by atoms with Crippen LogP contribution in [0.1, 0.15) is 34.4 Å². The number of nitrogens with zero attached hydrogens (tertiary/aromatic N) is 4. The van der Waals surface area contributed by atoms with Gasteiger partial charge < -0.3 is 16.1 Å². The van der Waals surface area contributed by atoms with Crippen molar-refractivity contribution in [3.63, 3.8) is 0 Å². The second-order valence-corrected chi connectivity index (χ2v) is 7.76. The Morgan fingerprint density at radius 2 is 1.74 bits per heavy atom. The van der Waals surface area contributed by atoms with E-state index in [1.54, 1.807) is 30.3 Å². The average Bonchev–Trinajstić information content (AvgIpc) is 3.14. The largest absolute Gasteiger partial charge is 0.711 e. The minimum Gasteiger partial charge on any atom is -0.711 e. The van der Waals surface area contributed by atoms with Crippen LogP contribution >= 0.6 is 0 Å². The molecule has 10 heteroatoms. The van der Waals surface area contributed by atoms with E-state index >= 15 is 0 Å². The Bertz CT molecular complexity index is 1460. The molecule has 1 unspecified atom stereocenters. The molecule has 0 amide bonds. The van der Waals surface area contributed by atoms with Crippen LogP contribution in [0.4, 0.5) is 13.2 Å². The van der Waals surface area contributed by atoms with Gasteiger partial charge in [-0.3, -0.25) is 0 Å². The molecule has 2 N–H and O–H groups in total. The normalized spacial score (nSPS) is 17.0. The van der Waals surface area contributed by atoms with Gasteiger partial charge in [0.2, 0.25) is 0 Å². The van der Waals surface area contributed by atoms with Crippen molar-refractivity contribution < 1.29 is 22.6 Å². The Morgan fingerprint density at radius 3 is 2.50 bits per heavy atom. The summed E-state index contributed by atoms with van der Waals surface area (Å²) >= 11 is 0. The van der Waals surface area contributed by atoms with Crippen LogP contribution in [0.2, 0.25) is 0 Å². The summed E-state index contributed by atoms with van der Waals surface area (Å²) in [6, 6.07) is 13.6. The van der Waals surface area contributed by atoms with Gasteiger partial charge in [-0.25, -0.2) is 14.1 Å². The van der Waals surface area contributed by atoms with Gasteiger partial charge in [-0.15, -0.1) is 0 Å². The number of fused-ring (bicyclic) bond motifs is 1. The lowest BCUT2D eigenvalue weighted by Gasteiger charge is -2.29. The first-order valence-corrected chi connectivity index (χ1v) is 10.1. The van der Waals surface area contributed by atoms with Crippen molar-refractivity contribution in [3.05, 3.63) is 124 Å². The van der Waals surface area contributed by atoms with Crippen LogP contribution in [-0.4, -0.2) is 10.8 Å². The van der Waals surface area contributed by atoms with E-state index in [-0.39, 0.29) is 21.7 Å². The van der Waals surface area contributed by atoms with Crippen LogP contribution in [0.15, 0.2) is 84.5 Å². The number of amidine groups is 1. The average molecular weight is 463 g/mol. The molecule has 0 spiro atoms. The molecule has 0 saturated heterocycles. The summed E-state index contributed by atoms with van der Waals surface area (Å²) in [5, 5.41) is 23.7. The van der Waals surface area contributed by atoms with Gasteiger partial charge in [-0.05, 0) is 23.3 Å². The number of pyridine rings is 1. The number of hydrogen-bond acceptors (Lipinski definition) is 5. The predicted octanol–water partition coefficient (Wildman–Crippen LogP) is 3.10. The lowest BCUT2D eigenvalue weighted by Crippen LogP contribution is -2.34. The lowest BCUT2D eigenvalue weighted by molar-refractivity contribution is -0.619. The molecule has 1 atom stereocenters. The van der Waals surface area contributed by atoms with Crippen LogP contribution in [-0.2, 0) is 5.54 Å². The zero-order valence-electron chi connectivity index (χ0n) is 17.4. The Kier molecular flexibility index (Phi) is 4.93. The molecule has 1 aliphatic heterocycles. The minimum atomic E-state index is -3.04. The molecule has 0 saturated carbocycles. The number of aliphatic imine (C=N–C) groups is 1. The molecule has 0 radical (unpaired) electrons. The van der Waals surface area contributed by atoms with E-state index in [9.17, 15) is 23.6 Å². The van der Waals surface area contributed by atoms with E-state index in [0.29, 0.717) is 27.0 Å². The zero-order valence-corrected chi connectivity index (χ0v) is 17.4. The van der Waals surface area contributed by atoms with E-state index in [0.717, 1.165) is 18.6 Å². The van der Waals surface area contributed by atoms with E-state index in [1.165, 1.54) is 30.6 Å². The number of aromatic nitrogens is 3. The molecule has 170 valence electrons. The lowest BCUT2D eigenvalue weighted by atomic mass is 9.77. The second-order valence-electron chi connectivity index (χ2n) is 7.76. The second kappa shape index (κ2) is 7.84. The van der Waals surface area contributed by atoms with Crippen LogP contribution in [0.3, 0.4) is 0 Å². The highest BCUT2D eigenvalue weighted by Crippen LogP contribution is 2.47. The third-order valence-corrected chi connectivity index (χ3v) is 5.81. The van der Waals surface area contributed by atoms with Crippen LogP contribution in [0, 0.1) is 16.2 Å². The third kappa shape index (κ3) is 3.22. The number of benzene rings is 2. The van der Waals surface area contributed by atoms with Crippen LogP contribution < -0.4 is 15.2 Å². The topological polar surface area (TPSA) is 105 Å². The first-order valence-electron chi connectivity index (χ1n) is 10.1. The first kappa shape index (κ1) is 21.4. The fourth-order valence-corrected chi connectivity index (χ4v) is 4.33. The van der Waals surface area contributed by atoms with Crippen molar-refractivity contribution in [2.24, 2.45) is 10.7 Å². The number of hydrogen-bond donors (Lipinski definition) is 1. The zero-order chi connectivity index (χ0) is 24.0. The van der Waals surface area contributed by atoms with Crippen molar-refractivity contribution in [2.75, 3.05) is 0 Å². The van der Waals surface area contributed by atoms with Gasteiger partial charge in [0.25, 0.3) is 12.0 Å². The number of nitrogens with two attached hydrogens (primary N) is 1. The van der Waals surface area contributed by atoms with Crippen molar-refractivity contribution >= 4 is 5.84 Å². The summed E-state index contributed by atoms with van der Waals surface area (Å²) in [7, 11) is 0. The monoisotopic (exact) mass is 463 g/mol. The summed E-state index contributed by atoms with van der Waals surface area (Å²) in [5.41, 5.74) is 6.04. The van der Waals surface area contributed by atoms with Gasteiger partial charge in [-0.2, -0.15) is 13.5 Å². The summed E-state index contributed by atoms with van der Waals surface area (Å²) in [4.78, 5) is 8.48. The minimum absolute atomic E-state index is 0.0594. The fraction of sp³-hybridized carbons (Fsp3) is 0.0833. The fourth-order valence-electron chi connectivity index (χ4n) is 4.33. The van der Waals surface area contributed by atoms with E-state index in [4.69, 9.17) is 5.73 Å². The quantitative estimate of drug-likeness (QED) is 0.371. The smallest absolute Gasteiger partial charge is 0.322 e. The molecule has 4 aromatic rings. The van der Waals surface area contributed by atoms with Gasteiger partial charge in [0.15, 0.2) is 12.4 Å². The molecule has 2 aromatic carbocycles. The molecule has 0 aliphatic carbocycles. The molecular weight excluding hydrogens is 447 g/mol. The predicted molar refractivity (Wildman–Crippen MR) is 116 cm³/mol. The maximum atomic E-state index is 14.8. The Balaban J connectivity index is 1.82. The standard InChI is InChI=1S/C24H16F3N5O2/c25-19-6-2-5-18-21(19)23(28)30-24(18,17-7-8-32(34)20(10-17)22(26)27)16-4-1-3-14(9-16)15-11-29-13-31(33)12-15/h1-13,22H,(H2,28,30). The van der Waals surface area contributed by atoms with Crippen molar-refractivity contribution in [3.8, 4) is 11.1 Å². The molecule has 5 rings (SSSR count). The summed E-state index contributed by atoms with van der Waals surface area (Å²) in [6.45, 7) is 0. The Labute approximate surface area is 191 Å². The molecule has 34 heavy (non-hydrogen) atoms. The number of alkyl halides is 2. The first-order chi connectivity index (χ1) is 16.3. The van der Waals surface area contributed by atoms with Crippen molar-refractivity contribution in [1.29, 1.82) is 0 Å². The molecule has 7 nitrogen and oxygen atoms in total. The maximum Gasteiger partial charge on any atom is 0.322 e. The molecule has 2 aromatic heterocycles. The molecule has 0 bridgehead atoms. The summed E-state index contributed by atoms with van der Waals surface area (Å²) < 4.78 is 42.6. The van der Waals surface area contributed by atoms with E-state index in [2.05, 4.69) is 9.98 Å². The maximum absolute atomic E-state index is 14.8. The third-order valence-electron chi connectivity index (χ3n) is 5.81. The van der Waals surface area contributed by atoms with Gasteiger partial charge in [-0.1, -0.05) is 35.3 Å². The van der Waals surface area contributed by atoms with Gasteiger partial charge in [0, 0.05) is 23.3 Å². The Hall–Kier alpha value is -4.47. The number of rotatable bonds is 4. The van der Waals surface area contributed by atoms with Crippen molar-refractivity contribution in [1.82, 2.24) is 4.98 Å². The van der Waals surface area contributed by atoms with E-state index in [1.807, 2.05) is 0 Å². The van der Waals surface area contributed by atoms with Gasteiger partial charge in [0.1, 0.15) is 23.4 Å². The molecule has 1 aliphatic rings. The number of halogens is 3. The SMILES string of the molecule is NC1=NC(c2cccc(-c3cnc[n+]([O-])c3)c2)(c2cc[n+]([O-])c(C(F)F)c2)c2cccc(F)c21. The highest BCUT2D eigenvalue weighted by molar-refractivity contribution is 6.03. The molecule has 0 fully saturated rings. The molecular formula is C24H16F3N5O2. The van der Waals surface area contributed by atoms with E-state index < -0.39 is 23.5 Å². The highest BCUT2D eigenvalue weighted by Gasteiger charge is 2.45.